The third-order valence-corrected chi connectivity index (χ3v) is 5.76. The summed E-state index contributed by atoms with van der Waals surface area (Å²) in [4.78, 5) is 23.1. The number of esters is 1. The monoisotopic (exact) mass is 705 g/mol. The molecular formula is C18H12I3O6-. The summed E-state index contributed by atoms with van der Waals surface area (Å²) in [5, 5.41) is 21.0. The molecule has 0 amide bonds. The lowest BCUT2D eigenvalue weighted by Crippen LogP contribution is -2.22. The summed E-state index contributed by atoms with van der Waals surface area (Å²) in [7, 11) is 0. The highest BCUT2D eigenvalue weighted by Gasteiger charge is 2.16. The fraction of sp³-hybridized carbons (Fsp3) is 0.111. The fourth-order valence-electron chi connectivity index (χ4n) is 2.06. The average molecular weight is 705 g/mol. The van der Waals surface area contributed by atoms with Gasteiger partial charge in [-0.05, 0) is 103 Å². The number of carbonyl (C=O) groups is 2. The number of phenolic OH excluding ortho intramolecular Hbond substituents is 1. The van der Waals surface area contributed by atoms with Crippen LogP contribution in [0.15, 0.2) is 30.8 Å². The largest absolute Gasteiger partial charge is 0.545 e. The van der Waals surface area contributed by atoms with Crippen molar-refractivity contribution < 1.29 is 29.3 Å². The number of aromatic carboxylic acids is 1. The van der Waals surface area contributed by atoms with Crippen molar-refractivity contribution in [2.45, 2.75) is 0 Å². The second kappa shape index (κ2) is 9.91. The highest BCUT2D eigenvalue weighted by molar-refractivity contribution is 14.1. The van der Waals surface area contributed by atoms with E-state index in [0.29, 0.717) is 22.0 Å². The maximum atomic E-state index is 12.2. The zero-order valence-electron chi connectivity index (χ0n) is 13.6. The van der Waals surface area contributed by atoms with E-state index < -0.39 is 11.9 Å². The van der Waals surface area contributed by atoms with E-state index in [0.717, 1.165) is 0 Å². The van der Waals surface area contributed by atoms with Gasteiger partial charge >= 0.3 is 5.97 Å². The van der Waals surface area contributed by atoms with Gasteiger partial charge in [-0.15, -0.1) is 0 Å². The molecule has 0 atom stereocenters. The minimum atomic E-state index is -1.26. The van der Waals surface area contributed by atoms with Crippen LogP contribution in [-0.2, 0) is 4.74 Å². The van der Waals surface area contributed by atoms with Crippen molar-refractivity contribution in [1.29, 1.82) is 0 Å². The molecule has 0 bridgehead atoms. The smallest absolute Gasteiger partial charge is 0.342 e. The Kier molecular flexibility index (Phi) is 8.15. The van der Waals surface area contributed by atoms with Crippen molar-refractivity contribution in [2.75, 3.05) is 13.2 Å². The Balaban J connectivity index is 2.00. The molecule has 2 aromatic carbocycles. The lowest BCUT2D eigenvalue weighted by Gasteiger charge is -2.13. The summed E-state index contributed by atoms with van der Waals surface area (Å²) in [6.07, 6.45) is 1.57. The topological polar surface area (TPSA) is 95.9 Å². The number of benzene rings is 2. The van der Waals surface area contributed by atoms with Crippen LogP contribution in [0.3, 0.4) is 0 Å². The fourth-order valence-corrected chi connectivity index (χ4v) is 4.79. The molecule has 0 saturated heterocycles. The van der Waals surface area contributed by atoms with E-state index >= 15 is 0 Å². The number of hydrogen-bond donors (Lipinski definition) is 1. The van der Waals surface area contributed by atoms with Crippen LogP contribution in [-0.4, -0.2) is 30.3 Å². The first kappa shape index (κ1) is 22.2. The molecule has 0 aliphatic rings. The van der Waals surface area contributed by atoms with Crippen LogP contribution in [0.2, 0.25) is 0 Å². The lowest BCUT2D eigenvalue weighted by atomic mass is 10.1. The molecule has 2 rings (SSSR count). The van der Waals surface area contributed by atoms with E-state index in [4.69, 9.17) is 9.47 Å². The molecule has 0 heterocycles. The van der Waals surface area contributed by atoms with Gasteiger partial charge < -0.3 is 24.5 Å². The Morgan fingerprint density at radius 3 is 2.26 bits per heavy atom. The molecule has 1 N–H and O–H groups in total. The number of hydrogen-bond acceptors (Lipinski definition) is 6. The maximum absolute atomic E-state index is 12.2. The molecule has 0 unspecified atom stereocenters. The van der Waals surface area contributed by atoms with Gasteiger partial charge in [0.2, 0.25) is 0 Å². The van der Waals surface area contributed by atoms with Crippen molar-refractivity contribution in [3.63, 3.8) is 0 Å². The molecule has 0 radical (unpaired) electrons. The van der Waals surface area contributed by atoms with Crippen LogP contribution >= 0.6 is 67.8 Å². The normalized spacial score (nSPS) is 10.3. The van der Waals surface area contributed by atoms with Gasteiger partial charge in [0.25, 0.3) is 0 Å². The van der Waals surface area contributed by atoms with E-state index in [1.54, 1.807) is 12.1 Å². The zero-order chi connectivity index (χ0) is 20.1. The second-order valence-electron chi connectivity index (χ2n) is 5.14. The predicted octanol–water partition coefficient (Wildman–Crippen LogP) is 3.45. The van der Waals surface area contributed by atoms with Crippen molar-refractivity contribution in [2.24, 2.45) is 0 Å². The SMILES string of the molecule is C=Cc1cc(I)c(O)c(C(=O)OCCOc2c(I)cc(C(=O)[O-])cc2I)c1. The Morgan fingerprint density at radius 1 is 1.07 bits per heavy atom. The van der Waals surface area contributed by atoms with E-state index in [9.17, 15) is 19.8 Å². The van der Waals surface area contributed by atoms with Gasteiger partial charge in [0, 0.05) is 0 Å². The molecule has 2 aromatic rings. The van der Waals surface area contributed by atoms with Gasteiger partial charge in [0.05, 0.1) is 16.7 Å². The van der Waals surface area contributed by atoms with E-state index in [1.807, 2.05) is 67.8 Å². The summed E-state index contributed by atoms with van der Waals surface area (Å²) in [6, 6.07) is 6.08. The summed E-state index contributed by atoms with van der Waals surface area (Å²) in [5.74, 6) is -1.57. The van der Waals surface area contributed by atoms with Crippen LogP contribution in [0.4, 0.5) is 0 Å². The molecule has 6 nitrogen and oxygen atoms in total. The van der Waals surface area contributed by atoms with Gasteiger partial charge in [0.15, 0.2) is 0 Å². The molecule has 0 aromatic heterocycles. The number of aromatic hydroxyl groups is 1. The van der Waals surface area contributed by atoms with Crippen LogP contribution in [0.25, 0.3) is 6.08 Å². The number of phenols is 1. The molecule has 9 heteroatoms. The number of ether oxygens (including phenoxy) is 2. The van der Waals surface area contributed by atoms with Crippen LogP contribution in [0, 0.1) is 10.7 Å². The average Bonchev–Trinajstić information content (AvgIpc) is 2.61. The molecule has 142 valence electrons. The molecule has 0 aliphatic heterocycles. The summed E-state index contributed by atoms with van der Waals surface area (Å²) in [6.45, 7) is 3.68. The van der Waals surface area contributed by atoms with Crippen molar-refractivity contribution in [3.8, 4) is 11.5 Å². The zero-order valence-corrected chi connectivity index (χ0v) is 20.1. The Labute approximate surface area is 196 Å². The maximum Gasteiger partial charge on any atom is 0.342 e. The minimum Gasteiger partial charge on any atom is -0.545 e. The molecule has 0 aliphatic carbocycles. The third kappa shape index (κ3) is 5.70. The first-order chi connectivity index (χ1) is 12.7. The number of carboxylic acids is 1. The van der Waals surface area contributed by atoms with Gasteiger partial charge in [-0.3, -0.25) is 0 Å². The van der Waals surface area contributed by atoms with Crippen molar-refractivity contribution >= 4 is 85.8 Å². The Hall–Kier alpha value is -1.09. The Morgan fingerprint density at radius 2 is 1.70 bits per heavy atom. The number of carboxylic acid groups (broad SMARTS) is 1. The van der Waals surface area contributed by atoms with Gasteiger partial charge in [0.1, 0.15) is 30.3 Å². The first-order valence-electron chi connectivity index (χ1n) is 7.39. The second-order valence-corrected chi connectivity index (χ2v) is 8.63. The van der Waals surface area contributed by atoms with Crippen molar-refractivity contribution in [1.82, 2.24) is 0 Å². The van der Waals surface area contributed by atoms with Crippen LogP contribution in [0.1, 0.15) is 26.3 Å². The van der Waals surface area contributed by atoms with Gasteiger partial charge in [-0.25, -0.2) is 4.79 Å². The third-order valence-electron chi connectivity index (χ3n) is 3.34. The summed E-state index contributed by atoms with van der Waals surface area (Å²) < 4.78 is 12.5. The van der Waals surface area contributed by atoms with Crippen LogP contribution in [0.5, 0.6) is 11.5 Å². The van der Waals surface area contributed by atoms with E-state index in [2.05, 4.69) is 6.58 Å². The highest BCUT2D eigenvalue weighted by atomic mass is 127. The first-order valence-corrected chi connectivity index (χ1v) is 10.6. The minimum absolute atomic E-state index is 0.0401. The quantitative estimate of drug-likeness (QED) is 0.270. The lowest BCUT2D eigenvalue weighted by molar-refractivity contribution is -0.255. The molecule has 0 saturated carbocycles. The summed E-state index contributed by atoms with van der Waals surface area (Å²) in [5.41, 5.74) is 0.812. The predicted molar refractivity (Wildman–Crippen MR) is 123 cm³/mol. The molecule has 0 spiro atoms. The molecular weight excluding hydrogens is 693 g/mol. The van der Waals surface area contributed by atoms with Gasteiger partial charge in [-0.2, -0.15) is 0 Å². The highest BCUT2D eigenvalue weighted by Crippen LogP contribution is 2.29. The number of rotatable bonds is 7. The van der Waals surface area contributed by atoms with Crippen molar-refractivity contribution in [3.05, 3.63) is 58.2 Å². The number of carbonyl (C=O) groups excluding carboxylic acids is 2. The molecule has 0 fully saturated rings. The summed E-state index contributed by atoms with van der Waals surface area (Å²) >= 11 is 5.85. The van der Waals surface area contributed by atoms with E-state index in [1.165, 1.54) is 18.2 Å². The van der Waals surface area contributed by atoms with E-state index in [-0.39, 0.29) is 30.1 Å². The van der Waals surface area contributed by atoms with Crippen LogP contribution < -0.4 is 9.84 Å². The van der Waals surface area contributed by atoms with Gasteiger partial charge in [-0.1, -0.05) is 12.7 Å². The number of halogens is 3. The standard InChI is InChI=1S/C18H13I3O6/c1-2-9-5-11(15(22)12(19)6-9)18(25)27-4-3-26-16-13(20)7-10(17(23)24)8-14(16)21/h2,5-8,22H,1,3-4H2,(H,23,24)/p-1. The molecule has 27 heavy (non-hydrogen) atoms. The Bertz CT molecular complexity index is 887.